The number of hydrogen-bond donors (Lipinski definition) is 0. The number of benzene rings is 1. The van der Waals surface area contributed by atoms with Gasteiger partial charge < -0.3 is 4.74 Å². The van der Waals surface area contributed by atoms with E-state index in [0.717, 1.165) is 18.4 Å². The zero-order valence-corrected chi connectivity index (χ0v) is 19.1. The van der Waals surface area contributed by atoms with Gasteiger partial charge in [0, 0.05) is 18.0 Å². The third kappa shape index (κ3) is 8.81. The summed E-state index contributed by atoms with van der Waals surface area (Å²) < 4.78 is 19.5. The first-order valence-corrected chi connectivity index (χ1v) is 11.8. The van der Waals surface area contributed by atoms with E-state index >= 15 is 0 Å². The molecule has 0 saturated heterocycles. The zero-order valence-electron chi connectivity index (χ0n) is 19.1. The van der Waals surface area contributed by atoms with Crippen LogP contribution in [0.2, 0.25) is 0 Å². The Labute approximate surface area is 182 Å². The number of aryl methyl sites for hydroxylation is 1. The molecule has 1 aromatic carbocycles. The second kappa shape index (κ2) is 14.1. The summed E-state index contributed by atoms with van der Waals surface area (Å²) in [5.41, 5.74) is 2.14. The Morgan fingerprint density at radius 1 is 0.867 bits per heavy atom. The van der Waals surface area contributed by atoms with Crippen molar-refractivity contribution in [2.75, 3.05) is 6.61 Å². The van der Waals surface area contributed by atoms with Crippen LogP contribution in [0.5, 0.6) is 5.75 Å². The molecule has 0 saturated carbocycles. The van der Waals surface area contributed by atoms with Crippen molar-refractivity contribution in [3.8, 4) is 17.1 Å². The summed E-state index contributed by atoms with van der Waals surface area (Å²) in [5.74, 6) is 1.40. The lowest BCUT2D eigenvalue weighted by Crippen LogP contribution is -2.20. The molecule has 1 heterocycles. The Morgan fingerprint density at radius 3 is 2.07 bits per heavy atom. The Kier molecular flexibility index (Phi) is 11.4. The highest BCUT2D eigenvalue weighted by atomic mass is 19.1. The van der Waals surface area contributed by atoms with Gasteiger partial charge >= 0.3 is 0 Å². The molecule has 0 aliphatic carbocycles. The van der Waals surface area contributed by atoms with Crippen LogP contribution in [-0.2, 0) is 6.42 Å². The van der Waals surface area contributed by atoms with E-state index in [1.165, 1.54) is 56.9 Å². The number of halogens is 1. The van der Waals surface area contributed by atoms with Crippen LogP contribution >= 0.6 is 0 Å². The molecule has 0 N–H and O–H groups in total. The molecule has 0 spiro atoms. The maximum absolute atomic E-state index is 13.9. The van der Waals surface area contributed by atoms with Gasteiger partial charge in [-0.15, -0.1) is 0 Å². The Balaban J connectivity index is 1.72. The van der Waals surface area contributed by atoms with Gasteiger partial charge in [0.1, 0.15) is 18.5 Å². The second-order valence-corrected chi connectivity index (χ2v) is 8.38. The van der Waals surface area contributed by atoms with Crippen LogP contribution in [0.15, 0.2) is 36.7 Å². The molecule has 2 aromatic rings. The number of hydrogen-bond acceptors (Lipinski definition) is 3. The van der Waals surface area contributed by atoms with E-state index in [1.807, 2.05) is 50.5 Å². The highest BCUT2D eigenvalue weighted by molar-refractivity contribution is 5.55. The minimum atomic E-state index is -0.938. The van der Waals surface area contributed by atoms with Gasteiger partial charge in [0.05, 0.1) is 0 Å². The monoisotopic (exact) mass is 414 g/mol. The molecular formula is C26H39FN2O. The SMILES string of the molecule is CCCCCCCCCCc1cnc(-c2ccc(OC[C@@H](F)[C@@H](C)CC)cc2)nc1. The number of alkyl halides is 1. The third-order valence-corrected chi connectivity index (χ3v) is 5.81. The van der Waals surface area contributed by atoms with Crippen LogP contribution in [0.1, 0.15) is 84.1 Å². The maximum Gasteiger partial charge on any atom is 0.159 e. The first-order chi connectivity index (χ1) is 14.6. The van der Waals surface area contributed by atoms with E-state index in [-0.39, 0.29) is 12.5 Å². The molecule has 166 valence electrons. The van der Waals surface area contributed by atoms with Crippen molar-refractivity contribution in [2.45, 2.75) is 91.2 Å². The first-order valence-electron chi connectivity index (χ1n) is 11.8. The maximum atomic E-state index is 13.9. The summed E-state index contributed by atoms with van der Waals surface area (Å²) in [6, 6.07) is 7.58. The van der Waals surface area contributed by atoms with Crippen molar-refractivity contribution >= 4 is 0 Å². The van der Waals surface area contributed by atoms with Gasteiger partial charge in [-0.05, 0) is 48.6 Å². The van der Waals surface area contributed by atoms with Crippen molar-refractivity contribution < 1.29 is 9.13 Å². The normalized spacial score (nSPS) is 13.2. The zero-order chi connectivity index (χ0) is 21.6. The molecular weight excluding hydrogens is 375 g/mol. The van der Waals surface area contributed by atoms with E-state index in [4.69, 9.17) is 4.74 Å². The molecule has 2 rings (SSSR count). The minimum absolute atomic E-state index is 0.0157. The van der Waals surface area contributed by atoms with Crippen molar-refractivity contribution in [3.63, 3.8) is 0 Å². The Bertz CT molecular complexity index is 687. The van der Waals surface area contributed by atoms with Crippen LogP contribution < -0.4 is 4.74 Å². The lowest BCUT2D eigenvalue weighted by molar-refractivity contribution is 0.145. The topological polar surface area (TPSA) is 35.0 Å². The first kappa shape index (κ1) is 24.3. The summed E-state index contributed by atoms with van der Waals surface area (Å²) in [6.07, 6.45) is 15.4. The number of unbranched alkanes of at least 4 members (excludes halogenated alkanes) is 7. The number of nitrogens with zero attached hydrogens (tertiary/aromatic N) is 2. The van der Waals surface area contributed by atoms with Crippen LogP contribution in [0, 0.1) is 5.92 Å². The van der Waals surface area contributed by atoms with Crippen molar-refractivity contribution in [1.29, 1.82) is 0 Å². The standard InChI is InChI=1S/C26H39FN2O/c1-4-6-7-8-9-10-11-12-13-22-18-28-26(29-19-22)23-14-16-24(17-15-23)30-20-25(27)21(3)5-2/h14-19,21,25H,4-13,20H2,1-3H3/t21-,25+/m0/s1. The summed E-state index contributed by atoms with van der Waals surface area (Å²) >= 11 is 0. The van der Waals surface area contributed by atoms with Gasteiger partial charge in [-0.25, -0.2) is 14.4 Å². The lowest BCUT2D eigenvalue weighted by atomic mass is 10.0. The molecule has 0 fully saturated rings. The molecule has 0 amide bonds. The minimum Gasteiger partial charge on any atom is -0.491 e. The number of ether oxygens (including phenoxy) is 1. The molecule has 0 aliphatic rings. The molecule has 0 bridgehead atoms. The van der Waals surface area contributed by atoms with Gasteiger partial charge in [-0.2, -0.15) is 0 Å². The van der Waals surface area contributed by atoms with E-state index < -0.39 is 6.17 Å². The molecule has 0 unspecified atom stereocenters. The molecule has 0 radical (unpaired) electrons. The van der Waals surface area contributed by atoms with Crippen molar-refractivity contribution in [1.82, 2.24) is 9.97 Å². The van der Waals surface area contributed by atoms with Crippen LogP contribution in [0.3, 0.4) is 0 Å². The largest absolute Gasteiger partial charge is 0.491 e. The summed E-state index contributed by atoms with van der Waals surface area (Å²) in [4.78, 5) is 9.05. The highest BCUT2D eigenvalue weighted by Crippen LogP contribution is 2.21. The molecule has 30 heavy (non-hydrogen) atoms. The van der Waals surface area contributed by atoms with Crippen LogP contribution in [-0.4, -0.2) is 22.7 Å². The Morgan fingerprint density at radius 2 is 1.47 bits per heavy atom. The van der Waals surface area contributed by atoms with Gasteiger partial charge in [-0.1, -0.05) is 72.1 Å². The lowest BCUT2D eigenvalue weighted by Gasteiger charge is -2.15. The fraction of sp³-hybridized carbons (Fsp3) is 0.615. The molecule has 3 nitrogen and oxygen atoms in total. The molecule has 2 atom stereocenters. The van der Waals surface area contributed by atoms with Gasteiger partial charge in [0.15, 0.2) is 5.82 Å². The number of rotatable bonds is 15. The predicted molar refractivity (Wildman–Crippen MR) is 124 cm³/mol. The molecule has 1 aromatic heterocycles. The van der Waals surface area contributed by atoms with Gasteiger partial charge in [-0.3, -0.25) is 0 Å². The predicted octanol–water partition coefficient (Wildman–Crippen LogP) is 7.59. The van der Waals surface area contributed by atoms with Crippen molar-refractivity contribution in [2.24, 2.45) is 5.92 Å². The molecule has 0 aliphatic heterocycles. The summed E-state index contributed by atoms with van der Waals surface area (Å²) in [6.45, 7) is 6.26. The average molecular weight is 415 g/mol. The smallest absolute Gasteiger partial charge is 0.159 e. The average Bonchev–Trinajstić information content (AvgIpc) is 2.79. The van der Waals surface area contributed by atoms with Gasteiger partial charge in [0.25, 0.3) is 0 Å². The van der Waals surface area contributed by atoms with Crippen molar-refractivity contribution in [3.05, 3.63) is 42.2 Å². The van der Waals surface area contributed by atoms with E-state index in [2.05, 4.69) is 16.9 Å². The highest BCUT2D eigenvalue weighted by Gasteiger charge is 2.15. The fourth-order valence-corrected chi connectivity index (χ4v) is 3.39. The number of aromatic nitrogens is 2. The summed E-state index contributed by atoms with van der Waals surface area (Å²) in [7, 11) is 0. The fourth-order valence-electron chi connectivity index (χ4n) is 3.39. The summed E-state index contributed by atoms with van der Waals surface area (Å²) in [5, 5.41) is 0. The van der Waals surface area contributed by atoms with E-state index in [1.54, 1.807) is 0 Å². The van der Waals surface area contributed by atoms with E-state index in [0.29, 0.717) is 11.6 Å². The molecule has 4 heteroatoms. The van der Waals surface area contributed by atoms with Gasteiger partial charge in [0.2, 0.25) is 0 Å². The van der Waals surface area contributed by atoms with E-state index in [9.17, 15) is 4.39 Å². The second-order valence-electron chi connectivity index (χ2n) is 8.38. The van der Waals surface area contributed by atoms with Crippen LogP contribution in [0.4, 0.5) is 4.39 Å². The quantitative estimate of drug-likeness (QED) is 0.282. The third-order valence-electron chi connectivity index (χ3n) is 5.81. The Hall–Kier alpha value is -1.97. The van der Waals surface area contributed by atoms with Crippen LogP contribution in [0.25, 0.3) is 11.4 Å².